The minimum Gasteiger partial charge on any atom is -0.459 e. The Kier molecular flexibility index (Phi) is 8.42. The highest BCUT2D eigenvalue weighted by atomic mass is 16.7. The highest BCUT2D eigenvalue weighted by molar-refractivity contribution is 6.20. The van der Waals surface area contributed by atoms with Gasteiger partial charge in [0.1, 0.15) is 18.2 Å². The Morgan fingerprint density at radius 2 is 1.50 bits per heavy atom. The second-order valence-corrected chi connectivity index (χ2v) is 9.10. The van der Waals surface area contributed by atoms with Crippen molar-refractivity contribution in [2.75, 3.05) is 0 Å². The quantitative estimate of drug-likeness (QED) is 0.412. The van der Waals surface area contributed by atoms with Crippen LogP contribution in [0, 0.1) is 0 Å². The number of ether oxygens (including phenoxy) is 2. The number of amides is 3. The van der Waals surface area contributed by atoms with Crippen molar-refractivity contribution in [3.05, 3.63) is 71.3 Å². The van der Waals surface area contributed by atoms with Crippen LogP contribution in [0.5, 0.6) is 0 Å². The highest BCUT2D eigenvalue weighted by Crippen LogP contribution is 2.23. The molecule has 1 heterocycles. The summed E-state index contributed by atoms with van der Waals surface area (Å²) in [5.74, 6) is -2.98. The van der Waals surface area contributed by atoms with E-state index < -0.39 is 41.5 Å². The number of benzene rings is 2. The molecule has 0 saturated carbocycles. The lowest BCUT2D eigenvalue weighted by Crippen LogP contribution is -2.44. The van der Waals surface area contributed by atoms with Crippen molar-refractivity contribution in [2.24, 2.45) is 0 Å². The Bertz CT molecular complexity index is 1110. The molecule has 10 heteroatoms. The molecule has 0 aliphatic carbocycles. The van der Waals surface area contributed by atoms with Crippen LogP contribution < -0.4 is 5.32 Å². The topological polar surface area (TPSA) is 128 Å². The average molecular weight is 497 g/mol. The third-order valence-corrected chi connectivity index (χ3v) is 5.02. The lowest BCUT2D eigenvalue weighted by molar-refractivity contribution is -0.168. The number of rotatable bonds is 9. The van der Waals surface area contributed by atoms with Gasteiger partial charge >= 0.3 is 18.0 Å². The van der Waals surface area contributed by atoms with Gasteiger partial charge in [-0.05, 0) is 51.3 Å². The molecule has 0 radical (unpaired) electrons. The first-order valence-electron chi connectivity index (χ1n) is 11.4. The highest BCUT2D eigenvalue weighted by Gasteiger charge is 2.38. The first-order valence-corrected chi connectivity index (χ1v) is 11.4. The minimum absolute atomic E-state index is 0.00789. The van der Waals surface area contributed by atoms with E-state index in [0.717, 1.165) is 5.56 Å². The summed E-state index contributed by atoms with van der Waals surface area (Å²) in [4.78, 5) is 66.9. The largest absolute Gasteiger partial charge is 0.459 e. The van der Waals surface area contributed by atoms with Crippen molar-refractivity contribution >= 4 is 29.8 Å². The van der Waals surface area contributed by atoms with Crippen LogP contribution in [0.25, 0.3) is 0 Å². The van der Waals surface area contributed by atoms with E-state index >= 15 is 0 Å². The molecular weight excluding hydrogens is 468 g/mol. The molecule has 0 fully saturated rings. The zero-order chi connectivity index (χ0) is 26.3. The summed E-state index contributed by atoms with van der Waals surface area (Å²) < 4.78 is 10.5. The lowest BCUT2D eigenvalue weighted by atomic mass is 10.1. The monoisotopic (exact) mass is 496 g/mol. The number of esters is 1. The van der Waals surface area contributed by atoms with Gasteiger partial charge in [-0.3, -0.25) is 9.59 Å². The second kappa shape index (κ2) is 11.5. The molecule has 36 heavy (non-hydrogen) atoms. The minimum atomic E-state index is -1.09. The molecule has 0 saturated heterocycles. The first-order chi connectivity index (χ1) is 17.0. The summed E-state index contributed by atoms with van der Waals surface area (Å²) in [6.07, 6.45) is -0.892. The van der Waals surface area contributed by atoms with Gasteiger partial charge in [-0.25, -0.2) is 14.4 Å². The van der Waals surface area contributed by atoms with Gasteiger partial charge in [0.2, 0.25) is 0 Å². The van der Waals surface area contributed by atoms with E-state index in [4.69, 9.17) is 14.3 Å². The summed E-state index contributed by atoms with van der Waals surface area (Å²) in [7, 11) is 0. The SMILES string of the molecule is CC(C)(C)OC(=O)N[C@@H](CCCC(=O)ON1C(=O)c2ccccc2C1=O)C(=O)OCc1ccccc1. The van der Waals surface area contributed by atoms with Crippen LogP contribution in [0.15, 0.2) is 54.6 Å². The maximum atomic E-state index is 12.7. The van der Waals surface area contributed by atoms with Gasteiger partial charge in [0.05, 0.1) is 11.1 Å². The summed E-state index contributed by atoms with van der Waals surface area (Å²) in [5.41, 5.74) is 0.293. The number of alkyl carbamates (subject to hydrolysis) is 1. The zero-order valence-electron chi connectivity index (χ0n) is 20.3. The second-order valence-electron chi connectivity index (χ2n) is 9.10. The van der Waals surface area contributed by atoms with Crippen molar-refractivity contribution in [3.8, 4) is 0 Å². The van der Waals surface area contributed by atoms with Crippen molar-refractivity contribution in [2.45, 2.75) is 58.3 Å². The number of nitrogens with zero attached hydrogens (tertiary/aromatic N) is 1. The van der Waals surface area contributed by atoms with E-state index in [0.29, 0.717) is 5.06 Å². The van der Waals surface area contributed by atoms with Crippen molar-refractivity contribution in [1.82, 2.24) is 10.4 Å². The molecule has 2 aromatic carbocycles. The number of hydrogen-bond donors (Lipinski definition) is 1. The van der Waals surface area contributed by atoms with E-state index in [2.05, 4.69) is 5.32 Å². The predicted molar refractivity (Wildman–Crippen MR) is 126 cm³/mol. The number of nitrogens with one attached hydrogen (secondary N) is 1. The molecule has 0 aromatic heterocycles. The Balaban J connectivity index is 1.55. The Labute approximate surface area is 208 Å². The van der Waals surface area contributed by atoms with E-state index in [-0.39, 0.29) is 37.0 Å². The molecular formula is C26H28N2O8. The Morgan fingerprint density at radius 3 is 2.08 bits per heavy atom. The third kappa shape index (κ3) is 7.14. The molecule has 1 atom stereocenters. The fourth-order valence-corrected chi connectivity index (χ4v) is 3.38. The van der Waals surface area contributed by atoms with Gasteiger partial charge < -0.3 is 19.6 Å². The maximum Gasteiger partial charge on any atom is 0.408 e. The normalized spacial score (nSPS) is 13.6. The molecule has 0 bridgehead atoms. The van der Waals surface area contributed by atoms with Crippen LogP contribution in [-0.2, 0) is 30.5 Å². The predicted octanol–water partition coefficient (Wildman–Crippen LogP) is 3.55. The molecule has 0 unspecified atom stereocenters. The average Bonchev–Trinajstić information content (AvgIpc) is 3.06. The number of imide groups is 1. The maximum absolute atomic E-state index is 12.7. The summed E-state index contributed by atoms with van der Waals surface area (Å²) in [5, 5.41) is 2.90. The van der Waals surface area contributed by atoms with Gasteiger partial charge in [-0.2, -0.15) is 0 Å². The number of fused-ring (bicyclic) bond motifs is 1. The first kappa shape index (κ1) is 26.4. The summed E-state index contributed by atoms with van der Waals surface area (Å²) in [6.45, 7) is 5.06. The number of hydroxylamine groups is 2. The fraction of sp³-hybridized carbons (Fsp3) is 0.346. The smallest absolute Gasteiger partial charge is 0.408 e. The molecule has 3 amide bonds. The van der Waals surface area contributed by atoms with E-state index in [1.165, 1.54) is 12.1 Å². The molecule has 190 valence electrons. The van der Waals surface area contributed by atoms with Gasteiger partial charge in [0, 0.05) is 6.42 Å². The molecule has 2 aromatic rings. The van der Waals surface area contributed by atoms with Gasteiger partial charge in [0.25, 0.3) is 11.8 Å². The summed E-state index contributed by atoms with van der Waals surface area (Å²) in [6, 6.07) is 14.1. The van der Waals surface area contributed by atoms with Gasteiger partial charge in [0.15, 0.2) is 0 Å². The van der Waals surface area contributed by atoms with E-state index in [9.17, 15) is 24.0 Å². The van der Waals surface area contributed by atoms with Crippen LogP contribution in [0.1, 0.15) is 66.3 Å². The number of carbonyl (C=O) groups excluding carboxylic acids is 5. The molecule has 1 aliphatic heterocycles. The zero-order valence-corrected chi connectivity index (χ0v) is 20.3. The Hall–Kier alpha value is -4.21. The van der Waals surface area contributed by atoms with Crippen LogP contribution >= 0.6 is 0 Å². The van der Waals surface area contributed by atoms with Crippen LogP contribution in [0.2, 0.25) is 0 Å². The molecule has 0 spiro atoms. The van der Waals surface area contributed by atoms with Crippen LogP contribution in [0.3, 0.4) is 0 Å². The lowest BCUT2D eigenvalue weighted by Gasteiger charge is -2.23. The van der Waals surface area contributed by atoms with Crippen molar-refractivity contribution in [1.29, 1.82) is 0 Å². The molecule has 1 N–H and O–H groups in total. The molecule has 3 rings (SSSR count). The van der Waals surface area contributed by atoms with Crippen molar-refractivity contribution < 1.29 is 38.3 Å². The molecule has 10 nitrogen and oxygen atoms in total. The fourth-order valence-electron chi connectivity index (χ4n) is 3.38. The van der Waals surface area contributed by atoms with E-state index in [1.807, 2.05) is 6.07 Å². The van der Waals surface area contributed by atoms with E-state index in [1.54, 1.807) is 57.2 Å². The standard InChI is InChI=1S/C26H28N2O8/c1-26(2,3)35-25(33)27-20(24(32)34-16-17-10-5-4-6-11-17)14-9-15-21(29)36-28-22(30)18-12-7-8-13-19(18)23(28)31/h4-8,10-13,20H,9,14-16H2,1-3H3,(H,27,33)/t20-/m0/s1. The number of hydrogen-bond acceptors (Lipinski definition) is 8. The summed E-state index contributed by atoms with van der Waals surface area (Å²) >= 11 is 0. The van der Waals surface area contributed by atoms with Crippen molar-refractivity contribution in [3.63, 3.8) is 0 Å². The van der Waals surface area contributed by atoms with Crippen LogP contribution in [-0.4, -0.2) is 46.6 Å². The Morgan fingerprint density at radius 1 is 0.917 bits per heavy atom. The molecule has 1 aliphatic rings. The van der Waals surface area contributed by atoms with Crippen LogP contribution in [0.4, 0.5) is 4.79 Å². The third-order valence-electron chi connectivity index (χ3n) is 5.02. The van der Waals surface area contributed by atoms with Gasteiger partial charge in [-0.1, -0.05) is 47.5 Å². The van der Waals surface area contributed by atoms with Gasteiger partial charge in [-0.15, -0.1) is 0 Å². The number of carbonyl (C=O) groups is 5.